The highest BCUT2D eigenvalue weighted by atomic mass is 19.4. The van der Waals surface area contributed by atoms with Crippen LogP contribution in [0.3, 0.4) is 0 Å². The van der Waals surface area contributed by atoms with Gasteiger partial charge in [0, 0.05) is 12.6 Å². The van der Waals surface area contributed by atoms with E-state index in [1.165, 1.54) is 18.3 Å². The van der Waals surface area contributed by atoms with E-state index in [0.29, 0.717) is 0 Å². The molecular weight excluding hydrogens is 227 g/mol. The molecule has 7 heteroatoms. The van der Waals surface area contributed by atoms with Crippen LogP contribution in [0.25, 0.3) is 0 Å². The average Bonchev–Trinajstić information content (AvgIpc) is 2.58. The van der Waals surface area contributed by atoms with E-state index in [4.69, 9.17) is 9.94 Å². The lowest BCUT2D eigenvalue weighted by Crippen LogP contribution is -2.19. The lowest BCUT2D eigenvalue weighted by Gasteiger charge is -2.09. The first-order valence-corrected chi connectivity index (χ1v) is 4.51. The van der Waals surface area contributed by atoms with Crippen molar-refractivity contribution in [2.75, 3.05) is 6.61 Å². The van der Waals surface area contributed by atoms with Gasteiger partial charge >= 0.3 is 12.1 Å². The molecule has 0 unspecified atom stereocenters. The second-order valence-electron chi connectivity index (χ2n) is 3.08. The Bertz CT molecular complexity index is 359. The second-order valence-corrected chi connectivity index (χ2v) is 3.08. The molecule has 1 N–H and O–H groups in total. The van der Waals surface area contributed by atoms with Gasteiger partial charge in [0.2, 0.25) is 0 Å². The highest BCUT2D eigenvalue weighted by molar-refractivity contribution is 5.85. The molecule has 0 spiro atoms. The monoisotopic (exact) mass is 237 g/mol. The number of aromatic carboxylic acids is 1. The summed E-state index contributed by atoms with van der Waals surface area (Å²) in [6.07, 6.45) is -4.04. The molecule has 0 aromatic carbocycles. The molecule has 0 saturated carbocycles. The van der Waals surface area contributed by atoms with Crippen LogP contribution in [-0.4, -0.2) is 28.6 Å². The van der Waals surface area contributed by atoms with Gasteiger partial charge in [-0.2, -0.15) is 17.9 Å². The van der Waals surface area contributed by atoms with Crippen LogP contribution in [0.4, 0.5) is 13.2 Å². The first kappa shape index (κ1) is 12.4. The quantitative estimate of drug-likeness (QED) is 0.796. The fourth-order valence-electron chi connectivity index (χ4n) is 1.08. The number of nitrogens with zero attached hydrogens (tertiary/aromatic N) is 1. The maximum Gasteiger partial charge on any atom is 0.389 e. The standard InChI is InChI=1S/C9H10F3NO3/c10-9(11,12)4-2-6-16-13-5-1-3-7(13)8(14)15/h1,3,5H,2,4,6H2,(H,14,15). The Morgan fingerprint density at radius 2 is 2.19 bits per heavy atom. The van der Waals surface area contributed by atoms with Crippen molar-refractivity contribution in [2.45, 2.75) is 19.0 Å². The van der Waals surface area contributed by atoms with Gasteiger partial charge in [0.05, 0.1) is 0 Å². The van der Waals surface area contributed by atoms with Gasteiger partial charge in [-0.05, 0) is 18.6 Å². The normalized spacial score (nSPS) is 11.4. The SMILES string of the molecule is O=C(O)c1cccn1OCCCC(F)(F)F. The van der Waals surface area contributed by atoms with Crippen molar-refractivity contribution in [3.8, 4) is 0 Å². The van der Waals surface area contributed by atoms with E-state index in [0.717, 1.165) is 4.73 Å². The number of aromatic nitrogens is 1. The molecule has 0 fully saturated rings. The van der Waals surface area contributed by atoms with Gasteiger partial charge in [0.25, 0.3) is 0 Å². The topological polar surface area (TPSA) is 51.5 Å². The second kappa shape index (κ2) is 4.91. The van der Waals surface area contributed by atoms with Crippen molar-refractivity contribution in [2.24, 2.45) is 0 Å². The van der Waals surface area contributed by atoms with Crippen LogP contribution < -0.4 is 4.84 Å². The molecule has 1 rings (SSSR count). The summed E-state index contributed by atoms with van der Waals surface area (Å²) in [6, 6.07) is 2.74. The summed E-state index contributed by atoms with van der Waals surface area (Å²) in [5.74, 6) is -1.19. The maximum atomic E-state index is 11.8. The molecule has 1 aromatic rings. The van der Waals surface area contributed by atoms with Gasteiger partial charge in [-0.15, -0.1) is 0 Å². The molecule has 0 saturated heterocycles. The number of hydrogen-bond acceptors (Lipinski definition) is 2. The van der Waals surface area contributed by atoms with Crippen LogP contribution >= 0.6 is 0 Å². The van der Waals surface area contributed by atoms with Gasteiger partial charge < -0.3 is 9.94 Å². The molecule has 0 aliphatic heterocycles. The summed E-state index contributed by atoms with van der Waals surface area (Å²) in [7, 11) is 0. The lowest BCUT2D eigenvalue weighted by atomic mass is 10.3. The van der Waals surface area contributed by atoms with E-state index in [1.54, 1.807) is 0 Å². The predicted octanol–water partition coefficient (Wildman–Crippen LogP) is 1.96. The number of carbonyl (C=O) groups is 1. The third kappa shape index (κ3) is 3.84. The van der Waals surface area contributed by atoms with Crippen molar-refractivity contribution in [3.63, 3.8) is 0 Å². The molecule has 0 atom stereocenters. The van der Waals surface area contributed by atoms with Gasteiger partial charge in [-0.1, -0.05) is 0 Å². The Morgan fingerprint density at radius 1 is 1.50 bits per heavy atom. The minimum absolute atomic E-state index is 0.119. The van der Waals surface area contributed by atoms with E-state index < -0.39 is 18.6 Å². The molecule has 0 radical (unpaired) electrons. The maximum absolute atomic E-state index is 11.8. The zero-order chi connectivity index (χ0) is 12.2. The number of carboxylic acids is 1. The van der Waals surface area contributed by atoms with Crippen LogP contribution in [0.5, 0.6) is 0 Å². The molecule has 0 amide bonds. The largest absolute Gasteiger partial charge is 0.476 e. The zero-order valence-corrected chi connectivity index (χ0v) is 8.20. The first-order valence-electron chi connectivity index (χ1n) is 4.51. The van der Waals surface area contributed by atoms with Crippen molar-refractivity contribution in [1.82, 2.24) is 4.73 Å². The van der Waals surface area contributed by atoms with E-state index in [2.05, 4.69) is 0 Å². The van der Waals surface area contributed by atoms with Crippen molar-refractivity contribution < 1.29 is 27.9 Å². The fourth-order valence-corrected chi connectivity index (χ4v) is 1.08. The van der Waals surface area contributed by atoms with Crippen molar-refractivity contribution in [1.29, 1.82) is 0 Å². The van der Waals surface area contributed by atoms with Crippen LogP contribution in [0, 0.1) is 0 Å². The molecule has 16 heavy (non-hydrogen) atoms. The van der Waals surface area contributed by atoms with Gasteiger partial charge in [0.1, 0.15) is 6.61 Å². The minimum atomic E-state index is -4.21. The van der Waals surface area contributed by atoms with E-state index >= 15 is 0 Å². The third-order valence-electron chi connectivity index (χ3n) is 1.77. The predicted molar refractivity (Wildman–Crippen MR) is 48.1 cm³/mol. The number of halogens is 3. The average molecular weight is 237 g/mol. The van der Waals surface area contributed by atoms with Crippen molar-refractivity contribution >= 4 is 5.97 Å². The molecule has 0 aliphatic rings. The molecule has 0 bridgehead atoms. The zero-order valence-electron chi connectivity index (χ0n) is 8.20. The lowest BCUT2D eigenvalue weighted by molar-refractivity contribution is -0.138. The Labute approximate surface area is 89.2 Å². The van der Waals surface area contributed by atoms with Crippen LogP contribution in [0.2, 0.25) is 0 Å². The molecular formula is C9H10F3NO3. The van der Waals surface area contributed by atoms with Crippen LogP contribution in [-0.2, 0) is 0 Å². The molecule has 1 heterocycles. The summed E-state index contributed by atoms with van der Waals surface area (Å²) >= 11 is 0. The fraction of sp³-hybridized carbons (Fsp3) is 0.444. The number of rotatable bonds is 5. The number of carboxylic acid groups (broad SMARTS) is 1. The summed E-state index contributed by atoms with van der Waals surface area (Å²) in [5, 5.41) is 8.66. The molecule has 4 nitrogen and oxygen atoms in total. The van der Waals surface area contributed by atoms with E-state index in [-0.39, 0.29) is 18.7 Å². The van der Waals surface area contributed by atoms with E-state index in [1.807, 2.05) is 0 Å². The Hall–Kier alpha value is -1.66. The molecule has 1 aromatic heterocycles. The van der Waals surface area contributed by atoms with Crippen LogP contribution in [0.15, 0.2) is 18.3 Å². The van der Waals surface area contributed by atoms with Crippen LogP contribution in [0.1, 0.15) is 23.3 Å². The number of hydrogen-bond donors (Lipinski definition) is 1. The summed E-state index contributed by atoms with van der Waals surface area (Å²) < 4.78 is 36.3. The smallest absolute Gasteiger partial charge is 0.389 e. The Balaban J connectivity index is 2.38. The minimum Gasteiger partial charge on any atom is -0.476 e. The number of alkyl halides is 3. The summed E-state index contributed by atoms with van der Waals surface area (Å²) in [4.78, 5) is 15.5. The van der Waals surface area contributed by atoms with E-state index in [9.17, 15) is 18.0 Å². The van der Waals surface area contributed by atoms with Gasteiger partial charge in [0.15, 0.2) is 5.69 Å². The Morgan fingerprint density at radius 3 is 2.75 bits per heavy atom. The summed E-state index contributed by atoms with van der Waals surface area (Å²) in [5.41, 5.74) is -0.119. The first-order chi connectivity index (χ1) is 7.40. The highest BCUT2D eigenvalue weighted by Crippen LogP contribution is 2.20. The Kier molecular flexibility index (Phi) is 3.81. The van der Waals surface area contributed by atoms with Gasteiger partial charge in [-0.3, -0.25) is 0 Å². The summed E-state index contributed by atoms with van der Waals surface area (Å²) in [6.45, 7) is -0.186. The van der Waals surface area contributed by atoms with Gasteiger partial charge in [-0.25, -0.2) is 4.79 Å². The third-order valence-corrected chi connectivity index (χ3v) is 1.77. The molecule has 90 valence electrons. The highest BCUT2D eigenvalue weighted by Gasteiger charge is 2.26. The molecule has 0 aliphatic carbocycles. The van der Waals surface area contributed by atoms with Crippen molar-refractivity contribution in [3.05, 3.63) is 24.0 Å².